The number of ether oxygens (including phenoxy) is 1. The molecule has 1 saturated heterocycles. The van der Waals surface area contributed by atoms with E-state index >= 15 is 0 Å². The Balaban J connectivity index is 0.00000240. The van der Waals surface area contributed by atoms with Crippen molar-refractivity contribution < 1.29 is 14.3 Å². The number of benzene rings is 2. The quantitative estimate of drug-likeness (QED) is 0.579. The molecule has 3 rings (SSSR count). The molecule has 1 heterocycles. The fourth-order valence-corrected chi connectivity index (χ4v) is 3.14. The summed E-state index contributed by atoms with van der Waals surface area (Å²) in [5.41, 5.74) is 6.95. The van der Waals surface area contributed by atoms with Gasteiger partial charge in [0, 0.05) is 37.4 Å². The molecule has 2 aromatic rings. The number of nitrogens with one attached hydrogen (secondary N) is 2. The lowest BCUT2D eigenvalue weighted by molar-refractivity contribution is -0.120. The van der Waals surface area contributed by atoms with Gasteiger partial charge >= 0.3 is 0 Å². The maximum Gasteiger partial charge on any atom is 0.251 e. The third-order valence-electron chi connectivity index (χ3n) is 5.07. The Labute approximate surface area is 195 Å². The fraction of sp³-hybridized carbons (Fsp3) is 0.364. The zero-order valence-corrected chi connectivity index (χ0v) is 19.1. The molecule has 31 heavy (non-hydrogen) atoms. The predicted molar refractivity (Wildman–Crippen MR) is 127 cm³/mol. The second-order valence-corrected chi connectivity index (χ2v) is 7.31. The van der Waals surface area contributed by atoms with Gasteiger partial charge in [-0.15, -0.1) is 24.8 Å². The molecule has 1 unspecified atom stereocenters. The molecular weight excluding hydrogens is 439 g/mol. The summed E-state index contributed by atoms with van der Waals surface area (Å²) in [4.78, 5) is 27.2. The number of nitrogens with two attached hydrogens (primary N) is 1. The molecule has 0 aliphatic carbocycles. The summed E-state index contributed by atoms with van der Waals surface area (Å²) in [5, 5.41) is 5.74. The van der Waals surface area contributed by atoms with Crippen LogP contribution in [0.25, 0.3) is 0 Å². The first-order valence-electron chi connectivity index (χ1n) is 9.81. The van der Waals surface area contributed by atoms with E-state index in [1.807, 2.05) is 30.3 Å². The molecule has 1 fully saturated rings. The number of carbonyl (C=O) groups is 2. The Bertz CT molecular complexity index is 826. The Kier molecular flexibility index (Phi) is 11.0. The summed E-state index contributed by atoms with van der Waals surface area (Å²) >= 11 is 0. The van der Waals surface area contributed by atoms with Gasteiger partial charge in [-0.05, 0) is 36.8 Å². The van der Waals surface area contributed by atoms with E-state index in [1.165, 1.54) is 0 Å². The number of carbonyl (C=O) groups excluding carboxylic acids is 2. The third kappa shape index (κ3) is 7.48. The van der Waals surface area contributed by atoms with Crippen LogP contribution in [0.2, 0.25) is 0 Å². The minimum absolute atomic E-state index is 0. The standard InChI is InChI=1S/C22H28N4O3.2ClH/c1-22(23,18-5-3-2-4-6-18)21(28)25-19-9-7-17(8-10-19)20(27)24-11-12-26-13-15-29-16-14-26;;/h2-10H,11-16,23H2,1H3,(H,24,27)(H,25,28);2*1H. The molecule has 4 N–H and O–H groups in total. The van der Waals surface area contributed by atoms with Crippen molar-refractivity contribution in [3.05, 3.63) is 65.7 Å². The van der Waals surface area contributed by atoms with E-state index in [0.717, 1.165) is 38.4 Å². The van der Waals surface area contributed by atoms with Crippen molar-refractivity contribution in [1.82, 2.24) is 10.2 Å². The maximum absolute atomic E-state index is 12.6. The highest BCUT2D eigenvalue weighted by molar-refractivity contribution is 5.99. The van der Waals surface area contributed by atoms with Crippen molar-refractivity contribution in [2.45, 2.75) is 12.5 Å². The number of nitrogens with zero attached hydrogens (tertiary/aromatic N) is 1. The van der Waals surface area contributed by atoms with Crippen molar-refractivity contribution in [2.24, 2.45) is 5.73 Å². The highest BCUT2D eigenvalue weighted by atomic mass is 35.5. The molecule has 170 valence electrons. The van der Waals surface area contributed by atoms with Gasteiger partial charge in [0.1, 0.15) is 5.54 Å². The molecule has 2 aromatic carbocycles. The van der Waals surface area contributed by atoms with Gasteiger partial charge in [-0.1, -0.05) is 30.3 Å². The molecule has 0 saturated carbocycles. The van der Waals surface area contributed by atoms with Crippen LogP contribution < -0.4 is 16.4 Å². The van der Waals surface area contributed by atoms with Gasteiger partial charge < -0.3 is 21.1 Å². The maximum atomic E-state index is 12.6. The van der Waals surface area contributed by atoms with Crippen LogP contribution in [0.15, 0.2) is 54.6 Å². The van der Waals surface area contributed by atoms with Crippen LogP contribution in [-0.2, 0) is 15.1 Å². The van der Waals surface area contributed by atoms with E-state index in [2.05, 4.69) is 15.5 Å². The van der Waals surface area contributed by atoms with Gasteiger partial charge in [-0.2, -0.15) is 0 Å². The minimum atomic E-state index is -1.16. The predicted octanol–water partition coefficient (Wildman–Crippen LogP) is 2.40. The van der Waals surface area contributed by atoms with Crippen molar-refractivity contribution in [2.75, 3.05) is 44.7 Å². The van der Waals surface area contributed by atoms with Crippen LogP contribution in [0.3, 0.4) is 0 Å². The second kappa shape index (κ2) is 12.6. The van der Waals surface area contributed by atoms with Crippen molar-refractivity contribution >= 4 is 42.3 Å². The number of amides is 2. The van der Waals surface area contributed by atoms with Crippen LogP contribution in [0, 0.1) is 0 Å². The summed E-state index contributed by atoms with van der Waals surface area (Å²) in [7, 11) is 0. The summed E-state index contributed by atoms with van der Waals surface area (Å²) in [5.74, 6) is -0.449. The molecule has 1 aliphatic rings. The van der Waals surface area contributed by atoms with Crippen LogP contribution in [0.4, 0.5) is 5.69 Å². The minimum Gasteiger partial charge on any atom is -0.379 e. The van der Waals surface area contributed by atoms with Crippen LogP contribution in [0.5, 0.6) is 0 Å². The van der Waals surface area contributed by atoms with Crippen molar-refractivity contribution in [3.8, 4) is 0 Å². The molecule has 0 aromatic heterocycles. The first-order valence-corrected chi connectivity index (χ1v) is 9.81. The molecule has 1 atom stereocenters. The lowest BCUT2D eigenvalue weighted by Gasteiger charge is -2.26. The lowest BCUT2D eigenvalue weighted by atomic mass is 9.92. The number of halogens is 2. The van der Waals surface area contributed by atoms with E-state index in [1.54, 1.807) is 31.2 Å². The third-order valence-corrected chi connectivity index (χ3v) is 5.07. The van der Waals surface area contributed by atoms with Crippen molar-refractivity contribution in [3.63, 3.8) is 0 Å². The highest BCUT2D eigenvalue weighted by Crippen LogP contribution is 2.20. The summed E-state index contributed by atoms with van der Waals surface area (Å²) in [6.45, 7) is 6.34. The second-order valence-electron chi connectivity index (χ2n) is 7.31. The van der Waals surface area contributed by atoms with E-state index < -0.39 is 5.54 Å². The first-order chi connectivity index (χ1) is 14.0. The monoisotopic (exact) mass is 468 g/mol. The van der Waals surface area contributed by atoms with Crippen LogP contribution in [0.1, 0.15) is 22.8 Å². The lowest BCUT2D eigenvalue weighted by Crippen LogP contribution is -2.45. The summed E-state index contributed by atoms with van der Waals surface area (Å²) < 4.78 is 5.31. The van der Waals surface area contributed by atoms with Gasteiger partial charge in [0.15, 0.2) is 0 Å². The van der Waals surface area contributed by atoms with Gasteiger partial charge in [-0.3, -0.25) is 14.5 Å². The SMILES string of the molecule is CC(N)(C(=O)Nc1ccc(C(=O)NCCN2CCOCC2)cc1)c1ccccc1.Cl.Cl. The van der Waals surface area contributed by atoms with Crippen LogP contribution in [-0.4, -0.2) is 56.1 Å². The normalized spacial score (nSPS) is 15.5. The smallest absolute Gasteiger partial charge is 0.251 e. The molecule has 0 bridgehead atoms. The molecule has 0 radical (unpaired) electrons. The van der Waals surface area contributed by atoms with E-state index in [-0.39, 0.29) is 36.6 Å². The summed E-state index contributed by atoms with van der Waals surface area (Å²) in [6.07, 6.45) is 0. The first kappa shape index (κ1) is 26.9. The van der Waals surface area contributed by atoms with Gasteiger partial charge in [0.2, 0.25) is 5.91 Å². The molecule has 0 spiro atoms. The molecule has 2 amide bonds. The van der Waals surface area contributed by atoms with Gasteiger partial charge in [0.05, 0.1) is 13.2 Å². The number of hydrogen-bond acceptors (Lipinski definition) is 5. The van der Waals surface area contributed by atoms with E-state index in [4.69, 9.17) is 10.5 Å². The Morgan fingerprint density at radius 3 is 2.26 bits per heavy atom. The molecular formula is C22H30Cl2N4O3. The Morgan fingerprint density at radius 1 is 1.03 bits per heavy atom. The molecule has 7 nitrogen and oxygen atoms in total. The summed E-state index contributed by atoms with van der Waals surface area (Å²) in [6, 6.07) is 16.0. The zero-order chi connectivity index (χ0) is 20.7. The van der Waals surface area contributed by atoms with Gasteiger partial charge in [0.25, 0.3) is 5.91 Å². The van der Waals surface area contributed by atoms with Crippen molar-refractivity contribution in [1.29, 1.82) is 0 Å². The zero-order valence-electron chi connectivity index (χ0n) is 17.5. The highest BCUT2D eigenvalue weighted by Gasteiger charge is 2.30. The van der Waals surface area contributed by atoms with Gasteiger partial charge in [-0.25, -0.2) is 0 Å². The number of rotatable bonds is 7. The Morgan fingerprint density at radius 2 is 1.65 bits per heavy atom. The Hall–Kier alpha value is -2.16. The van der Waals surface area contributed by atoms with E-state index in [0.29, 0.717) is 17.8 Å². The number of anilines is 1. The average Bonchev–Trinajstić information content (AvgIpc) is 2.75. The molecule has 9 heteroatoms. The number of morpholine rings is 1. The fourth-order valence-electron chi connectivity index (χ4n) is 3.14. The van der Waals surface area contributed by atoms with Crippen LogP contribution >= 0.6 is 24.8 Å². The molecule has 1 aliphatic heterocycles. The largest absolute Gasteiger partial charge is 0.379 e. The number of hydrogen-bond donors (Lipinski definition) is 3. The van der Waals surface area contributed by atoms with E-state index in [9.17, 15) is 9.59 Å². The topological polar surface area (TPSA) is 96.7 Å². The average molecular weight is 469 g/mol.